The zero-order valence-corrected chi connectivity index (χ0v) is 9.83. The van der Waals surface area contributed by atoms with Crippen molar-refractivity contribution in [1.29, 1.82) is 0 Å². The highest BCUT2D eigenvalue weighted by Crippen LogP contribution is 2.21. The quantitative estimate of drug-likeness (QED) is 0.837. The second-order valence-electron chi connectivity index (χ2n) is 4.12. The van der Waals surface area contributed by atoms with Crippen molar-refractivity contribution in [3.8, 4) is 0 Å². The Labute approximate surface area is 99.2 Å². The van der Waals surface area contributed by atoms with E-state index in [2.05, 4.69) is 9.97 Å². The van der Waals surface area contributed by atoms with E-state index < -0.39 is 5.97 Å². The molecule has 2 rings (SSSR count). The van der Waals surface area contributed by atoms with Gasteiger partial charge >= 0.3 is 5.97 Å². The van der Waals surface area contributed by atoms with Gasteiger partial charge in [-0.15, -0.1) is 0 Å². The van der Waals surface area contributed by atoms with Crippen LogP contribution >= 0.6 is 0 Å². The molecule has 1 fully saturated rings. The van der Waals surface area contributed by atoms with Gasteiger partial charge in [0.25, 0.3) is 0 Å². The number of ether oxygens (including phenoxy) is 1. The molecule has 2 atom stereocenters. The molecule has 1 N–H and O–H groups in total. The molecule has 0 bridgehead atoms. The molecule has 0 aliphatic carbocycles. The number of aromatic nitrogens is 2. The summed E-state index contributed by atoms with van der Waals surface area (Å²) in [5.41, 5.74) is 0.0953. The maximum absolute atomic E-state index is 10.7. The van der Waals surface area contributed by atoms with Gasteiger partial charge in [0.1, 0.15) is 0 Å². The number of carboxylic acids is 1. The number of anilines is 1. The first-order chi connectivity index (χ1) is 8.09. The summed E-state index contributed by atoms with van der Waals surface area (Å²) in [6, 6.07) is 0.241. The minimum Gasteiger partial charge on any atom is -0.478 e. The van der Waals surface area contributed by atoms with Crippen molar-refractivity contribution in [1.82, 2.24) is 9.97 Å². The highest BCUT2D eigenvalue weighted by Gasteiger charge is 2.29. The maximum Gasteiger partial charge on any atom is 0.338 e. The summed E-state index contributed by atoms with van der Waals surface area (Å²) in [5.74, 6) is -0.492. The van der Waals surface area contributed by atoms with E-state index in [1.165, 1.54) is 12.4 Å². The number of nitrogens with zero attached hydrogens (tertiary/aromatic N) is 3. The summed E-state index contributed by atoms with van der Waals surface area (Å²) in [6.45, 7) is 2.75. The Morgan fingerprint density at radius 1 is 1.53 bits per heavy atom. The van der Waals surface area contributed by atoms with Crippen LogP contribution in [0.5, 0.6) is 0 Å². The first kappa shape index (κ1) is 11.8. The fourth-order valence-corrected chi connectivity index (χ4v) is 1.99. The van der Waals surface area contributed by atoms with Gasteiger partial charge in [-0.1, -0.05) is 0 Å². The number of rotatable bonds is 3. The second-order valence-corrected chi connectivity index (χ2v) is 4.12. The van der Waals surface area contributed by atoms with Crippen molar-refractivity contribution < 1.29 is 14.6 Å². The average Bonchev–Trinajstić information content (AvgIpc) is 2.74. The van der Waals surface area contributed by atoms with Gasteiger partial charge in [0.15, 0.2) is 0 Å². The zero-order valence-electron chi connectivity index (χ0n) is 9.83. The Kier molecular flexibility index (Phi) is 3.23. The van der Waals surface area contributed by atoms with Crippen LogP contribution in [0.1, 0.15) is 23.7 Å². The third kappa shape index (κ3) is 2.36. The number of likely N-dealkylation sites (N-methyl/N-ethyl adjacent to an activating group) is 1. The van der Waals surface area contributed by atoms with Gasteiger partial charge in [-0.2, -0.15) is 0 Å². The maximum atomic E-state index is 10.7. The van der Waals surface area contributed by atoms with Crippen molar-refractivity contribution in [2.24, 2.45) is 0 Å². The molecular weight excluding hydrogens is 222 g/mol. The van der Waals surface area contributed by atoms with Crippen molar-refractivity contribution in [3.05, 3.63) is 18.0 Å². The lowest BCUT2D eigenvalue weighted by atomic mass is 10.1. The fraction of sp³-hybridized carbons (Fsp3) is 0.545. The van der Waals surface area contributed by atoms with Crippen molar-refractivity contribution in [2.75, 3.05) is 18.6 Å². The molecule has 17 heavy (non-hydrogen) atoms. The average molecular weight is 237 g/mol. The van der Waals surface area contributed by atoms with Crippen LogP contribution in [0.4, 0.5) is 5.95 Å². The molecule has 1 aromatic heterocycles. The number of carboxylic acid groups (broad SMARTS) is 1. The third-order valence-corrected chi connectivity index (χ3v) is 3.03. The van der Waals surface area contributed by atoms with Gasteiger partial charge in [-0.3, -0.25) is 0 Å². The molecule has 0 aromatic carbocycles. The number of carbonyl (C=O) groups is 1. The van der Waals surface area contributed by atoms with E-state index in [-0.39, 0.29) is 17.7 Å². The summed E-state index contributed by atoms with van der Waals surface area (Å²) >= 11 is 0. The molecule has 0 amide bonds. The minimum atomic E-state index is -1.02. The molecule has 1 aromatic rings. The van der Waals surface area contributed by atoms with Crippen LogP contribution in [-0.2, 0) is 4.74 Å². The smallest absolute Gasteiger partial charge is 0.338 e. The van der Waals surface area contributed by atoms with Crippen molar-refractivity contribution >= 4 is 11.9 Å². The van der Waals surface area contributed by atoms with Crippen molar-refractivity contribution in [2.45, 2.75) is 25.5 Å². The highest BCUT2D eigenvalue weighted by atomic mass is 16.5. The molecule has 6 nitrogen and oxygen atoms in total. The van der Waals surface area contributed by atoms with Gasteiger partial charge in [0.2, 0.25) is 5.95 Å². The number of hydrogen-bond donors (Lipinski definition) is 1. The summed E-state index contributed by atoms with van der Waals surface area (Å²) in [5, 5.41) is 8.75. The lowest BCUT2D eigenvalue weighted by molar-refractivity contribution is 0.0696. The van der Waals surface area contributed by atoms with Crippen LogP contribution in [-0.4, -0.2) is 46.8 Å². The lowest BCUT2D eigenvalue weighted by Crippen LogP contribution is -2.37. The Morgan fingerprint density at radius 2 is 2.18 bits per heavy atom. The lowest BCUT2D eigenvalue weighted by Gasteiger charge is -2.26. The minimum absolute atomic E-state index is 0.0953. The normalized spacial score (nSPS) is 23.6. The van der Waals surface area contributed by atoms with Gasteiger partial charge in [0.05, 0.1) is 17.7 Å². The molecule has 6 heteroatoms. The topological polar surface area (TPSA) is 75.5 Å². The fourth-order valence-electron chi connectivity index (χ4n) is 1.99. The summed E-state index contributed by atoms with van der Waals surface area (Å²) in [7, 11) is 1.89. The highest BCUT2D eigenvalue weighted by molar-refractivity contribution is 5.86. The first-order valence-corrected chi connectivity index (χ1v) is 5.49. The second kappa shape index (κ2) is 4.67. The summed E-state index contributed by atoms with van der Waals surface area (Å²) in [4.78, 5) is 20.7. The van der Waals surface area contributed by atoms with E-state index in [0.717, 1.165) is 13.0 Å². The van der Waals surface area contributed by atoms with Gasteiger partial charge in [-0.05, 0) is 13.3 Å². The third-order valence-electron chi connectivity index (χ3n) is 3.03. The molecule has 0 saturated carbocycles. The predicted octanol–water partition coefficient (Wildman–Crippen LogP) is 0.788. The van der Waals surface area contributed by atoms with E-state index in [9.17, 15) is 4.79 Å². The van der Waals surface area contributed by atoms with E-state index in [1.54, 1.807) is 0 Å². The number of aromatic carboxylic acids is 1. The Balaban J connectivity index is 2.14. The van der Waals surface area contributed by atoms with Gasteiger partial charge in [-0.25, -0.2) is 14.8 Å². The van der Waals surface area contributed by atoms with Crippen LogP contribution in [0.3, 0.4) is 0 Å². The van der Waals surface area contributed by atoms with Gasteiger partial charge < -0.3 is 14.7 Å². The number of hydrogen-bond acceptors (Lipinski definition) is 5. The molecule has 2 unspecified atom stereocenters. The predicted molar refractivity (Wildman–Crippen MR) is 61.2 cm³/mol. The molecule has 0 radical (unpaired) electrons. The zero-order chi connectivity index (χ0) is 12.4. The van der Waals surface area contributed by atoms with Gasteiger partial charge in [0, 0.05) is 26.0 Å². The standard InChI is InChI=1S/C11H15N3O3/c1-7-9(3-4-17-7)14(2)11-12-5-8(6-13-11)10(15)16/h5-7,9H,3-4H2,1-2H3,(H,15,16). The Morgan fingerprint density at radius 3 is 2.65 bits per heavy atom. The largest absolute Gasteiger partial charge is 0.478 e. The van der Waals surface area contributed by atoms with Crippen LogP contribution in [0.2, 0.25) is 0 Å². The van der Waals surface area contributed by atoms with Crippen molar-refractivity contribution in [3.63, 3.8) is 0 Å². The molecule has 1 aliphatic rings. The van der Waals surface area contributed by atoms with Crippen LogP contribution < -0.4 is 4.90 Å². The van der Waals surface area contributed by atoms with E-state index in [1.807, 2.05) is 18.9 Å². The van der Waals surface area contributed by atoms with Crippen LogP contribution in [0.15, 0.2) is 12.4 Å². The molecular formula is C11H15N3O3. The van der Waals surface area contributed by atoms with Crippen LogP contribution in [0.25, 0.3) is 0 Å². The molecule has 2 heterocycles. The molecule has 92 valence electrons. The van der Waals surface area contributed by atoms with E-state index in [0.29, 0.717) is 5.95 Å². The molecule has 1 aliphatic heterocycles. The summed E-state index contributed by atoms with van der Waals surface area (Å²) in [6.07, 6.45) is 3.72. The van der Waals surface area contributed by atoms with E-state index in [4.69, 9.17) is 9.84 Å². The molecule has 0 spiro atoms. The SMILES string of the molecule is CC1OCCC1N(C)c1ncc(C(=O)O)cn1. The Bertz CT molecular complexity index is 407. The monoisotopic (exact) mass is 237 g/mol. The van der Waals surface area contributed by atoms with E-state index >= 15 is 0 Å². The summed E-state index contributed by atoms with van der Waals surface area (Å²) < 4.78 is 5.48. The first-order valence-electron chi connectivity index (χ1n) is 5.49. The molecule has 1 saturated heterocycles. The van der Waals surface area contributed by atoms with Crippen LogP contribution in [0, 0.1) is 0 Å². The Hall–Kier alpha value is -1.69.